The molecule has 2 N–H and O–H groups in total. The monoisotopic (exact) mass is 1040 g/mol. The molecule has 0 rings (SSSR count). The van der Waals surface area contributed by atoms with Crippen LogP contribution in [0.2, 0.25) is 0 Å². The molecule has 0 aromatic rings. The van der Waals surface area contributed by atoms with Crippen LogP contribution in [0, 0.1) is 0 Å². The van der Waals surface area contributed by atoms with Crippen LogP contribution in [0.5, 0.6) is 0 Å². The van der Waals surface area contributed by atoms with Crippen LogP contribution in [-0.4, -0.2) is 109 Å². The summed E-state index contributed by atoms with van der Waals surface area (Å²) in [6.45, 7) is 15.5. The summed E-state index contributed by atoms with van der Waals surface area (Å²) in [6.07, 6.45) is 47.1. The predicted molar refractivity (Wildman–Crippen MR) is 305 cm³/mol. The van der Waals surface area contributed by atoms with Gasteiger partial charge in [-0.3, -0.25) is 9.59 Å². The molecule has 0 aliphatic carbocycles. The lowest BCUT2D eigenvalue weighted by Gasteiger charge is -2.19. The minimum atomic E-state index is -0.144. The number of nitrogens with two attached hydrogens (primary N) is 1. The van der Waals surface area contributed by atoms with Crippen LogP contribution in [0.1, 0.15) is 291 Å². The summed E-state index contributed by atoms with van der Waals surface area (Å²) in [5.74, 6) is -0.0151. The molecular weight excluding hydrogens is 919 g/mol. The van der Waals surface area contributed by atoms with E-state index in [1.807, 2.05) is 0 Å². The van der Waals surface area contributed by atoms with E-state index in [1.165, 1.54) is 148 Å². The fourth-order valence-electron chi connectivity index (χ4n) is 9.27. The van der Waals surface area contributed by atoms with Gasteiger partial charge in [0.15, 0.2) is 0 Å². The van der Waals surface area contributed by atoms with Crippen molar-refractivity contribution in [2.75, 3.05) is 79.2 Å². The normalized spacial score (nSPS) is 12.5. The zero-order valence-corrected chi connectivity index (χ0v) is 48.9. The van der Waals surface area contributed by atoms with Crippen molar-refractivity contribution in [2.24, 2.45) is 5.73 Å². The van der Waals surface area contributed by atoms with Gasteiger partial charge in [0.2, 0.25) is 0 Å². The molecule has 0 amide bonds. The fraction of sp³-hybridized carbons (Fsp3) is 0.968. The molecule has 0 heterocycles. The highest BCUT2D eigenvalue weighted by Crippen LogP contribution is 2.20. The van der Waals surface area contributed by atoms with E-state index < -0.39 is 0 Å². The maximum absolute atomic E-state index is 12.9. The van der Waals surface area contributed by atoms with Crippen molar-refractivity contribution in [1.82, 2.24) is 0 Å². The second kappa shape index (κ2) is 61.5. The van der Waals surface area contributed by atoms with Crippen molar-refractivity contribution in [3.63, 3.8) is 0 Å². The number of carbonyl (C=O) groups excluding carboxylic acids is 2. The Bertz CT molecular complexity index is 1070. The molecule has 2 unspecified atom stereocenters. The molecule has 73 heavy (non-hydrogen) atoms. The summed E-state index contributed by atoms with van der Waals surface area (Å²) in [5.41, 5.74) is 5.45. The van der Waals surface area contributed by atoms with Crippen molar-refractivity contribution in [3.8, 4) is 0 Å². The van der Waals surface area contributed by atoms with Crippen molar-refractivity contribution in [1.29, 1.82) is 0 Å². The van der Waals surface area contributed by atoms with E-state index in [1.54, 1.807) is 0 Å². The second-order valence-corrected chi connectivity index (χ2v) is 21.1. The molecular formula is C62H123NO10. The Morgan fingerprint density at radius 2 is 0.589 bits per heavy atom. The Morgan fingerprint density at radius 3 is 0.959 bits per heavy atom. The van der Waals surface area contributed by atoms with Gasteiger partial charge in [0, 0.05) is 32.6 Å². The number of unbranched alkanes of at least 4 members (excludes halogenated alkanes) is 29. The van der Waals surface area contributed by atoms with E-state index in [-0.39, 0.29) is 30.3 Å². The van der Waals surface area contributed by atoms with Gasteiger partial charge in [-0.15, -0.1) is 0 Å². The van der Waals surface area contributed by atoms with Crippen molar-refractivity contribution >= 4 is 11.9 Å². The zero-order chi connectivity index (χ0) is 53.0. The molecule has 0 fully saturated rings. The van der Waals surface area contributed by atoms with Gasteiger partial charge in [0.1, 0.15) is 18.3 Å². The van der Waals surface area contributed by atoms with E-state index in [9.17, 15) is 9.59 Å². The van der Waals surface area contributed by atoms with E-state index in [2.05, 4.69) is 27.7 Å². The van der Waals surface area contributed by atoms with Crippen molar-refractivity contribution in [2.45, 2.75) is 309 Å². The summed E-state index contributed by atoms with van der Waals surface area (Å²) in [7, 11) is 0. The first-order valence-electron chi connectivity index (χ1n) is 31.6. The van der Waals surface area contributed by atoms with Gasteiger partial charge in [-0.2, -0.15) is 0 Å². The van der Waals surface area contributed by atoms with E-state index >= 15 is 0 Å². The van der Waals surface area contributed by atoms with E-state index in [4.69, 9.17) is 43.6 Å². The molecule has 0 aliphatic rings. The first-order valence-corrected chi connectivity index (χ1v) is 31.6. The Morgan fingerprint density at radius 1 is 0.301 bits per heavy atom. The van der Waals surface area contributed by atoms with Crippen LogP contribution < -0.4 is 5.73 Å². The lowest BCUT2D eigenvalue weighted by atomic mass is 10.0. The summed E-state index contributed by atoms with van der Waals surface area (Å²) < 4.78 is 47.1. The van der Waals surface area contributed by atoms with Crippen LogP contribution >= 0.6 is 0 Å². The molecule has 0 aromatic carbocycles. The smallest absolute Gasteiger partial charge is 0.306 e. The Labute approximate surface area is 452 Å². The molecule has 0 saturated heterocycles. The number of hydrogen-bond donors (Lipinski definition) is 1. The maximum Gasteiger partial charge on any atom is 0.306 e. The molecule has 11 nitrogen and oxygen atoms in total. The first-order chi connectivity index (χ1) is 36.0. The average molecular weight is 1040 g/mol. The standard InChI is InChI=1S/C62H123NO10/c1-5-9-13-17-21-27-35-43-59(42-34-26-20-16-12-8-4)73-61(64)44-36-28-22-30-38-47-69-56-60(57-70-55-54-68-53-52-67-51-50-66-49-46-63)71-48-39-31-23-29-37-45-62(65)72-58(40-32-24-18-14-10-6-2)41-33-25-19-15-11-7-3/h58-60H,5-57,63H2,1-4H3. The van der Waals surface area contributed by atoms with Gasteiger partial charge in [0.25, 0.3) is 0 Å². The van der Waals surface area contributed by atoms with Gasteiger partial charge in [-0.1, -0.05) is 201 Å². The zero-order valence-electron chi connectivity index (χ0n) is 48.9. The van der Waals surface area contributed by atoms with Crippen LogP contribution in [0.25, 0.3) is 0 Å². The predicted octanol–water partition coefficient (Wildman–Crippen LogP) is 16.3. The topological polar surface area (TPSA) is 134 Å². The minimum absolute atomic E-state index is 0.00519. The molecule has 2 atom stereocenters. The average Bonchev–Trinajstić information content (AvgIpc) is 3.39. The Hall–Kier alpha value is -1.34. The SMILES string of the molecule is CCCCCCCCCC(CCCCCCCC)OC(=O)CCCCCCCOCC(COCCOCCOCCOCCN)OCCCCCCCC(=O)OC(CCCCCCCC)CCCCCCCC. The highest BCUT2D eigenvalue weighted by atomic mass is 16.6. The molecule has 0 bridgehead atoms. The van der Waals surface area contributed by atoms with Crippen LogP contribution in [0.15, 0.2) is 0 Å². The Kier molecular flexibility index (Phi) is 60.4. The fourth-order valence-corrected chi connectivity index (χ4v) is 9.27. The number of ether oxygens (including phenoxy) is 8. The number of hydrogen-bond acceptors (Lipinski definition) is 11. The van der Waals surface area contributed by atoms with E-state index in [0.717, 1.165) is 103 Å². The largest absolute Gasteiger partial charge is 0.462 e. The van der Waals surface area contributed by atoms with Crippen molar-refractivity contribution < 1.29 is 47.5 Å². The Balaban J connectivity index is 4.62. The summed E-state index contributed by atoms with van der Waals surface area (Å²) in [6, 6.07) is 0. The van der Waals surface area contributed by atoms with Gasteiger partial charge in [-0.05, 0) is 77.0 Å². The molecule has 0 spiro atoms. The maximum atomic E-state index is 12.9. The third kappa shape index (κ3) is 56.7. The third-order valence-electron chi connectivity index (χ3n) is 13.9. The summed E-state index contributed by atoms with van der Waals surface area (Å²) in [5, 5.41) is 0. The minimum Gasteiger partial charge on any atom is -0.462 e. The third-order valence-corrected chi connectivity index (χ3v) is 13.9. The number of carbonyl (C=O) groups is 2. The van der Waals surface area contributed by atoms with Crippen LogP contribution in [0.4, 0.5) is 0 Å². The molecule has 0 saturated carbocycles. The quantitative estimate of drug-likeness (QED) is 0.0461. The number of rotatable bonds is 63. The molecule has 0 aliphatic heterocycles. The first kappa shape index (κ1) is 71.7. The van der Waals surface area contributed by atoms with E-state index in [0.29, 0.717) is 92.1 Å². The molecule has 0 aromatic heterocycles. The molecule has 0 radical (unpaired) electrons. The van der Waals surface area contributed by atoms with Gasteiger partial charge >= 0.3 is 11.9 Å². The van der Waals surface area contributed by atoms with Gasteiger partial charge < -0.3 is 43.6 Å². The summed E-state index contributed by atoms with van der Waals surface area (Å²) in [4.78, 5) is 25.8. The van der Waals surface area contributed by atoms with Gasteiger partial charge in [-0.25, -0.2) is 0 Å². The van der Waals surface area contributed by atoms with Crippen molar-refractivity contribution in [3.05, 3.63) is 0 Å². The summed E-state index contributed by atoms with van der Waals surface area (Å²) >= 11 is 0. The van der Waals surface area contributed by atoms with Crippen LogP contribution in [0.3, 0.4) is 0 Å². The highest BCUT2D eigenvalue weighted by Gasteiger charge is 2.16. The number of esters is 2. The molecule has 436 valence electrons. The molecule has 11 heteroatoms. The second-order valence-electron chi connectivity index (χ2n) is 21.1. The highest BCUT2D eigenvalue weighted by molar-refractivity contribution is 5.69. The van der Waals surface area contributed by atoms with Crippen LogP contribution in [-0.2, 0) is 47.5 Å². The van der Waals surface area contributed by atoms with Gasteiger partial charge in [0.05, 0.1) is 59.5 Å². The lowest BCUT2D eigenvalue weighted by Crippen LogP contribution is -2.27. The lowest BCUT2D eigenvalue weighted by molar-refractivity contribution is -0.151.